The summed E-state index contributed by atoms with van der Waals surface area (Å²) in [6.45, 7) is 5.15. The van der Waals surface area contributed by atoms with E-state index in [1.54, 1.807) is 0 Å². The van der Waals surface area contributed by atoms with Crippen LogP contribution in [-0.2, 0) is 4.74 Å². The lowest BCUT2D eigenvalue weighted by molar-refractivity contribution is -0.0228. The Balaban J connectivity index is 1.53. The number of ether oxygens (including phenoxy) is 1. The summed E-state index contributed by atoms with van der Waals surface area (Å²) in [7, 11) is 1.84. The molecule has 86 valence electrons. The van der Waals surface area contributed by atoms with Gasteiger partial charge in [0.05, 0.1) is 6.10 Å². The van der Waals surface area contributed by atoms with E-state index in [0.29, 0.717) is 11.5 Å². The predicted molar refractivity (Wildman–Crippen MR) is 59.9 cm³/mol. The van der Waals surface area contributed by atoms with Gasteiger partial charge in [-0.25, -0.2) is 0 Å². The molecular weight excluding hydrogens is 188 g/mol. The maximum Gasteiger partial charge on any atom is 0.0601 e. The minimum absolute atomic E-state index is 0.549. The van der Waals surface area contributed by atoms with Crippen molar-refractivity contribution >= 4 is 0 Å². The normalized spacial score (nSPS) is 46.2. The number of hydrogen-bond donors (Lipinski definition) is 1. The third kappa shape index (κ3) is 1.71. The molecule has 0 bridgehead atoms. The summed E-state index contributed by atoms with van der Waals surface area (Å²) in [5.74, 6) is 0. The summed E-state index contributed by atoms with van der Waals surface area (Å²) >= 11 is 0. The molecule has 0 radical (unpaired) electrons. The molecule has 0 aromatic heterocycles. The Hall–Kier alpha value is -0.120. The number of rotatable bonds is 2. The zero-order valence-electron chi connectivity index (χ0n) is 9.67. The molecule has 1 aliphatic carbocycles. The molecule has 2 heterocycles. The third-order valence-electron chi connectivity index (χ3n) is 4.72. The Morgan fingerprint density at radius 1 is 1.33 bits per heavy atom. The van der Waals surface area contributed by atoms with Crippen molar-refractivity contribution in [2.24, 2.45) is 5.41 Å². The molecule has 3 rings (SSSR count). The molecule has 15 heavy (non-hydrogen) atoms. The maximum atomic E-state index is 5.35. The highest BCUT2D eigenvalue weighted by Gasteiger charge is 2.44. The molecule has 3 heteroatoms. The zero-order chi connectivity index (χ0) is 10.3. The van der Waals surface area contributed by atoms with Crippen LogP contribution in [0.3, 0.4) is 0 Å². The fourth-order valence-corrected chi connectivity index (χ4v) is 3.45. The largest absolute Gasteiger partial charge is 0.381 e. The summed E-state index contributed by atoms with van der Waals surface area (Å²) in [5.41, 5.74) is 0.637. The number of hydrogen-bond acceptors (Lipinski definition) is 3. The van der Waals surface area contributed by atoms with Gasteiger partial charge in [0.15, 0.2) is 0 Å². The molecule has 1 saturated carbocycles. The molecular formula is C12H22N2O. The van der Waals surface area contributed by atoms with Crippen LogP contribution >= 0.6 is 0 Å². The standard InChI is InChI=1S/C12H22N2O/c1-15-11-6-10(7-11)14-5-3-12(9-14)2-4-13-8-12/h10-11,13H,2-9H2,1H3/t10-,11-,12?. The van der Waals surface area contributed by atoms with Crippen molar-refractivity contribution in [3.05, 3.63) is 0 Å². The van der Waals surface area contributed by atoms with Gasteiger partial charge >= 0.3 is 0 Å². The Labute approximate surface area is 92.2 Å². The Morgan fingerprint density at radius 2 is 2.20 bits per heavy atom. The molecule has 1 unspecified atom stereocenters. The van der Waals surface area contributed by atoms with E-state index in [9.17, 15) is 0 Å². The van der Waals surface area contributed by atoms with Gasteiger partial charge in [-0.1, -0.05) is 0 Å². The van der Waals surface area contributed by atoms with E-state index >= 15 is 0 Å². The van der Waals surface area contributed by atoms with Crippen LogP contribution in [0.25, 0.3) is 0 Å². The van der Waals surface area contributed by atoms with Crippen molar-refractivity contribution in [3.8, 4) is 0 Å². The van der Waals surface area contributed by atoms with E-state index in [4.69, 9.17) is 4.74 Å². The minimum Gasteiger partial charge on any atom is -0.381 e. The molecule has 2 aliphatic heterocycles. The SMILES string of the molecule is CO[C@H]1C[C@H](N2CCC3(CCNC3)C2)C1. The Morgan fingerprint density at radius 3 is 2.87 bits per heavy atom. The van der Waals surface area contributed by atoms with Crippen LogP contribution in [0.1, 0.15) is 25.7 Å². The fourth-order valence-electron chi connectivity index (χ4n) is 3.45. The minimum atomic E-state index is 0.549. The second-order valence-electron chi connectivity index (χ2n) is 5.63. The zero-order valence-corrected chi connectivity index (χ0v) is 9.67. The van der Waals surface area contributed by atoms with Crippen molar-refractivity contribution in [1.29, 1.82) is 0 Å². The number of nitrogens with zero attached hydrogens (tertiary/aromatic N) is 1. The molecule has 1 atom stereocenters. The van der Waals surface area contributed by atoms with Gasteiger partial charge in [0, 0.05) is 26.2 Å². The topological polar surface area (TPSA) is 24.5 Å². The fraction of sp³-hybridized carbons (Fsp3) is 1.00. The first kappa shape index (κ1) is 10.1. The van der Waals surface area contributed by atoms with E-state index in [1.807, 2.05) is 7.11 Å². The van der Waals surface area contributed by atoms with Crippen LogP contribution in [0.4, 0.5) is 0 Å². The van der Waals surface area contributed by atoms with E-state index in [2.05, 4.69) is 10.2 Å². The highest BCUT2D eigenvalue weighted by Crippen LogP contribution is 2.40. The lowest BCUT2D eigenvalue weighted by atomic mass is 9.85. The van der Waals surface area contributed by atoms with Crippen molar-refractivity contribution in [2.75, 3.05) is 33.3 Å². The van der Waals surface area contributed by atoms with E-state index in [-0.39, 0.29) is 0 Å². The Kier molecular flexibility index (Phi) is 2.49. The average Bonchev–Trinajstić information content (AvgIpc) is 2.77. The molecule has 1 N–H and O–H groups in total. The van der Waals surface area contributed by atoms with Crippen LogP contribution in [0, 0.1) is 5.41 Å². The van der Waals surface area contributed by atoms with Gasteiger partial charge in [0.25, 0.3) is 0 Å². The van der Waals surface area contributed by atoms with Crippen molar-refractivity contribution in [2.45, 2.75) is 37.8 Å². The monoisotopic (exact) mass is 210 g/mol. The molecule has 3 nitrogen and oxygen atoms in total. The van der Waals surface area contributed by atoms with Gasteiger partial charge in [-0.15, -0.1) is 0 Å². The van der Waals surface area contributed by atoms with Gasteiger partial charge in [0.2, 0.25) is 0 Å². The second-order valence-corrected chi connectivity index (χ2v) is 5.63. The first-order chi connectivity index (χ1) is 7.31. The summed E-state index contributed by atoms with van der Waals surface area (Å²) < 4.78 is 5.35. The van der Waals surface area contributed by atoms with Crippen LogP contribution in [0.2, 0.25) is 0 Å². The maximum absolute atomic E-state index is 5.35. The van der Waals surface area contributed by atoms with Crippen molar-refractivity contribution in [1.82, 2.24) is 10.2 Å². The molecule has 3 aliphatic rings. The smallest absolute Gasteiger partial charge is 0.0601 e. The summed E-state index contributed by atoms with van der Waals surface area (Å²) in [6.07, 6.45) is 5.88. The molecule has 0 aromatic carbocycles. The highest BCUT2D eigenvalue weighted by molar-refractivity contribution is 5.00. The predicted octanol–water partition coefficient (Wildman–Crippen LogP) is 0.849. The van der Waals surface area contributed by atoms with Crippen LogP contribution in [-0.4, -0.2) is 50.3 Å². The lowest BCUT2D eigenvalue weighted by Gasteiger charge is -2.41. The van der Waals surface area contributed by atoms with Crippen LogP contribution in [0.5, 0.6) is 0 Å². The number of likely N-dealkylation sites (tertiary alicyclic amines) is 1. The first-order valence-electron chi connectivity index (χ1n) is 6.29. The van der Waals surface area contributed by atoms with Crippen LogP contribution < -0.4 is 5.32 Å². The molecule has 1 spiro atoms. The van der Waals surface area contributed by atoms with Gasteiger partial charge < -0.3 is 10.1 Å². The third-order valence-corrected chi connectivity index (χ3v) is 4.72. The van der Waals surface area contributed by atoms with E-state index < -0.39 is 0 Å². The van der Waals surface area contributed by atoms with Crippen molar-refractivity contribution in [3.63, 3.8) is 0 Å². The first-order valence-corrected chi connectivity index (χ1v) is 6.29. The van der Waals surface area contributed by atoms with E-state index in [0.717, 1.165) is 6.04 Å². The summed E-state index contributed by atoms with van der Waals surface area (Å²) in [5, 5.41) is 3.52. The van der Waals surface area contributed by atoms with E-state index in [1.165, 1.54) is 51.9 Å². The number of nitrogens with one attached hydrogen (secondary N) is 1. The van der Waals surface area contributed by atoms with Gasteiger partial charge in [-0.3, -0.25) is 4.90 Å². The summed E-state index contributed by atoms with van der Waals surface area (Å²) in [4.78, 5) is 2.71. The second kappa shape index (κ2) is 3.72. The van der Waals surface area contributed by atoms with Crippen molar-refractivity contribution < 1.29 is 4.74 Å². The van der Waals surface area contributed by atoms with Gasteiger partial charge in [-0.05, 0) is 44.2 Å². The molecule has 0 aromatic rings. The highest BCUT2D eigenvalue weighted by atomic mass is 16.5. The molecule has 0 amide bonds. The average molecular weight is 210 g/mol. The lowest BCUT2D eigenvalue weighted by Crippen LogP contribution is -2.47. The Bertz CT molecular complexity index is 232. The number of methoxy groups -OCH3 is 1. The van der Waals surface area contributed by atoms with Gasteiger partial charge in [0.1, 0.15) is 0 Å². The summed E-state index contributed by atoms with van der Waals surface area (Å²) in [6, 6.07) is 0.829. The quantitative estimate of drug-likeness (QED) is 0.731. The van der Waals surface area contributed by atoms with Gasteiger partial charge in [-0.2, -0.15) is 0 Å². The molecule has 2 saturated heterocycles. The van der Waals surface area contributed by atoms with Crippen LogP contribution in [0.15, 0.2) is 0 Å². The molecule has 3 fully saturated rings.